The van der Waals surface area contributed by atoms with Gasteiger partial charge in [-0.3, -0.25) is 4.79 Å². The first-order valence-corrected chi connectivity index (χ1v) is 5.50. The first-order valence-electron chi connectivity index (χ1n) is 5.50. The Bertz CT molecular complexity index is 597. The Kier molecular flexibility index (Phi) is 3.55. The molecule has 0 aliphatic rings. The first kappa shape index (κ1) is 13.1. The topological polar surface area (TPSA) is 22.0 Å². The van der Waals surface area contributed by atoms with Crippen LogP contribution >= 0.6 is 0 Å². The molecule has 1 aromatic carbocycles. The highest BCUT2D eigenvalue weighted by Crippen LogP contribution is 2.34. The molecule has 1 heterocycles. The maximum atomic E-state index is 12.9. The molecule has 98 valence electrons. The molecule has 0 radical (unpaired) electrons. The van der Waals surface area contributed by atoms with Crippen molar-refractivity contribution in [3.63, 3.8) is 0 Å². The summed E-state index contributed by atoms with van der Waals surface area (Å²) < 4.78 is 40.2. The molecule has 0 amide bonds. The molecular formula is C14H10F3NO. The molecule has 2 nitrogen and oxygen atoms in total. The van der Waals surface area contributed by atoms with Crippen LogP contribution in [0.2, 0.25) is 0 Å². The first-order chi connectivity index (χ1) is 9.04. The maximum Gasteiger partial charge on any atom is 0.418 e. The number of carbonyl (C=O) groups is 1. The van der Waals surface area contributed by atoms with Gasteiger partial charge in [-0.15, -0.1) is 0 Å². The highest BCUT2D eigenvalue weighted by molar-refractivity contribution is 5.83. The average Bonchev–Trinajstić information content (AvgIpc) is 2.84. The Morgan fingerprint density at radius 2 is 1.74 bits per heavy atom. The molecule has 0 fully saturated rings. The molecule has 19 heavy (non-hydrogen) atoms. The summed E-state index contributed by atoms with van der Waals surface area (Å²) in [6, 6.07) is 11.5. The van der Waals surface area contributed by atoms with Gasteiger partial charge < -0.3 is 4.57 Å². The molecule has 0 unspecified atom stereocenters. The van der Waals surface area contributed by atoms with Crippen molar-refractivity contribution in [3.8, 4) is 5.69 Å². The third kappa shape index (κ3) is 2.76. The van der Waals surface area contributed by atoms with E-state index in [2.05, 4.69) is 0 Å². The molecular weight excluding hydrogens is 255 g/mol. The molecule has 0 aliphatic heterocycles. The summed E-state index contributed by atoms with van der Waals surface area (Å²) in [6.07, 6.45) is -2.37. The second-order valence-corrected chi connectivity index (χ2v) is 3.81. The van der Waals surface area contributed by atoms with Crippen LogP contribution in [0.5, 0.6) is 0 Å². The third-order valence-corrected chi connectivity index (χ3v) is 2.60. The van der Waals surface area contributed by atoms with Crippen LogP contribution in [0.25, 0.3) is 11.3 Å². The monoisotopic (exact) mass is 265 g/mol. The van der Waals surface area contributed by atoms with Gasteiger partial charge >= 0.3 is 6.18 Å². The largest absolute Gasteiger partial charge is 0.418 e. The predicted octanol–water partition coefficient (Wildman–Crippen LogP) is 3.62. The van der Waals surface area contributed by atoms with Gasteiger partial charge in [0.05, 0.1) is 11.3 Å². The second-order valence-electron chi connectivity index (χ2n) is 3.81. The Morgan fingerprint density at radius 1 is 1.05 bits per heavy atom. The number of rotatable bonds is 3. The summed E-state index contributed by atoms with van der Waals surface area (Å²) >= 11 is 0. The van der Waals surface area contributed by atoms with Crippen molar-refractivity contribution in [2.45, 2.75) is 6.18 Å². The van der Waals surface area contributed by atoms with Crippen molar-refractivity contribution >= 4 is 11.9 Å². The summed E-state index contributed by atoms with van der Waals surface area (Å²) in [4.78, 5) is 10.4. The lowest BCUT2D eigenvalue weighted by Crippen LogP contribution is -2.14. The summed E-state index contributed by atoms with van der Waals surface area (Å²) in [5.41, 5.74) is -0.425. The zero-order valence-electron chi connectivity index (χ0n) is 9.76. The number of aldehydes is 1. The predicted molar refractivity (Wildman–Crippen MR) is 65.9 cm³/mol. The van der Waals surface area contributed by atoms with Crippen molar-refractivity contribution in [2.24, 2.45) is 0 Å². The zero-order chi connectivity index (χ0) is 13.9. The minimum Gasteiger partial charge on any atom is -0.317 e. The average molecular weight is 265 g/mol. The Balaban J connectivity index is 2.56. The van der Waals surface area contributed by atoms with Crippen molar-refractivity contribution in [2.75, 3.05) is 0 Å². The number of alkyl halides is 3. The van der Waals surface area contributed by atoms with Crippen LogP contribution in [0.15, 0.2) is 54.7 Å². The van der Waals surface area contributed by atoms with Gasteiger partial charge in [-0.05, 0) is 30.3 Å². The second kappa shape index (κ2) is 5.14. The molecule has 0 N–H and O–H groups in total. The number of para-hydroxylation sites is 1. The molecule has 0 atom stereocenters. The summed E-state index contributed by atoms with van der Waals surface area (Å²) in [5, 5.41) is 0. The van der Waals surface area contributed by atoms with E-state index < -0.39 is 11.7 Å². The van der Waals surface area contributed by atoms with E-state index in [0.717, 1.165) is 0 Å². The third-order valence-electron chi connectivity index (χ3n) is 2.60. The van der Waals surface area contributed by atoms with Crippen molar-refractivity contribution in [1.82, 2.24) is 4.57 Å². The van der Waals surface area contributed by atoms with Crippen LogP contribution in [0, 0.1) is 0 Å². The van der Waals surface area contributed by atoms with Gasteiger partial charge in [0, 0.05) is 11.9 Å². The minimum atomic E-state index is -4.58. The highest BCUT2D eigenvalue weighted by atomic mass is 19.4. The van der Waals surface area contributed by atoms with Gasteiger partial charge in [0.1, 0.15) is 6.29 Å². The van der Waals surface area contributed by atoms with E-state index in [9.17, 15) is 18.0 Å². The van der Waals surface area contributed by atoms with E-state index in [1.165, 1.54) is 22.9 Å². The molecule has 0 aliphatic carbocycles. The normalized spacial score (nSPS) is 12.5. The standard InChI is InChI=1S/C14H10F3NO/c15-14(16,17)12(8-10-19)13-7-4-9-18(13)11-5-2-1-3-6-11/h1-10H/b12-8-. The molecule has 2 aromatic rings. The van der Waals surface area contributed by atoms with Crippen LogP contribution < -0.4 is 0 Å². The molecule has 0 saturated carbocycles. The lowest BCUT2D eigenvalue weighted by atomic mass is 10.1. The lowest BCUT2D eigenvalue weighted by Gasteiger charge is -2.14. The van der Waals surface area contributed by atoms with Gasteiger partial charge in [-0.1, -0.05) is 18.2 Å². The number of aromatic nitrogens is 1. The van der Waals surface area contributed by atoms with Gasteiger partial charge in [-0.2, -0.15) is 13.2 Å². The molecule has 0 bridgehead atoms. The fraction of sp³-hybridized carbons (Fsp3) is 0.0714. The van der Waals surface area contributed by atoms with Gasteiger partial charge in [0.2, 0.25) is 0 Å². The Morgan fingerprint density at radius 3 is 2.32 bits per heavy atom. The number of carbonyl (C=O) groups excluding carboxylic acids is 1. The minimum absolute atomic E-state index is 0.0641. The fourth-order valence-corrected chi connectivity index (χ4v) is 1.81. The van der Waals surface area contributed by atoms with E-state index in [1.54, 1.807) is 30.3 Å². The molecule has 2 rings (SSSR count). The van der Waals surface area contributed by atoms with Crippen LogP contribution in [0.3, 0.4) is 0 Å². The smallest absolute Gasteiger partial charge is 0.317 e. The summed E-state index contributed by atoms with van der Waals surface area (Å²) in [5.74, 6) is 0. The van der Waals surface area contributed by atoms with E-state index in [-0.39, 0.29) is 12.0 Å². The van der Waals surface area contributed by atoms with Crippen LogP contribution in [0.4, 0.5) is 13.2 Å². The molecule has 1 aromatic heterocycles. The highest BCUT2D eigenvalue weighted by Gasteiger charge is 2.36. The number of hydrogen-bond acceptors (Lipinski definition) is 1. The van der Waals surface area contributed by atoms with E-state index in [4.69, 9.17) is 0 Å². The van der Waals surface area contributed by atoms with E-state index in [1.807, 2.05) is 0 Å². The van der Waals surface area contributed by atoms with Crippen LogP contribution in [0.1, 0.15) is 5.69 Å². The van der Waals surface area contributed by atoms with E-state index >= 15 is 0 Å². The van der Waals surface area contributed by atoms with Crippen molar-refractivity contribution in [1.29, 1.82) is 0 Å². The van der Waals surface area contributed by atoms with Crippen LogP contribution in [-0.4, -0.2) is 17.0 Å². The number of benzene rings is 1. The van der Waals surface area contributed by atoms with Crippen LogP contribution in [-0.2, 0) is 4.79 Å². The van der Waals surface area contributed by atoms with Crippen molar-refractivity contribution < 1.29 is 18.0 Å². The Hall–Kier alpha value is -2.30. The van der Waals surface area contributed by atoms with E-state index in [0.29, 0.717) is 11.8 Å². The SMILES string of the molecule is O=C/C=C(/c1cccn1-c1ccccc1)C(F)(F)F. The number of halogens is 3. The molecule has 0 spiro atoms. The maximum absolute atomic E-state index is 12.9. The summed E-state index contributed by atoms with van der Waals surface area (Å²) in [6.45, 7) is 0. The summed E-state index contributed by atoms with van der Waals surface area (Å²) in [7, 11) is 0. The van der Waals surface area contributed by atoms with Gasteiger partial charge in [-0.25, -0.2) is 0 Å². The number of nitrogens with zero attached hydrogens (tertiary/aromatic N) is 1. The van der Waals surface area contributed by atoms with Gasteiger partial charge in [0.15, 0.2) is 0 Å². The Labute approximate surface area is 107 Å². The number of allylic oxidation sites excluding steroid dienone is 2. The number of hydrogen-bond donors (Lipinski definition) is 0. The van der Waals surface area contributed by atoms with Gasteiger partial charge in [0.25, 0.3) is 0 Å². The molecule has 0 saturated heterocycles. The zero-order valence-corrected chi connectivity index (χ0v) is 9.76. The van der Waals surface area contributed by atoms with Crippen molar-refractivity contribution in [3.05, 3.63) is 60.4 Å². The molecule has 5 heteroatoms. The quantitative estimate of drug-likeness (QED) is 0.613. The fourth-order valence-electron chi connectivity index (χ4n) is 1.81. The lowest BCUT2D eigenvalue weighted by molar-refractivity contribution is -0.104.